The van der Waals surface area contributed by atoms with E-state index in [0.717, 1.165) is 12.6 Å². The van der Waals surface area contributed by atoms with Crippen LogP contribution in [0.15, 0.2) is 18.2 Å². The van der Waals surface area contributed by atoms with Crippen molar-refractivity contribution < 1.29 is 5.11 Å². The van der Waals surface area contributed by atoms with Crippen LogP contribution in [0.1, 0.15) is 30.9 Å². The van der Waals surface area contributed by atoms with E-state index in [-0.39, 0.29) is 12.6 Å². The number of nitrogens with one attached hydrogen (secondary N) is 1. The average Bonchev–Trinajstić information content (AvgIpc) is 3.18. The molecule has 0 amide bonds. The summed E-state index contributed by atoms with van der Waals surface area (Å²) in [5.74, 6) is 0. The first kappa shape index (κ1) is 13.4. The van der Waals surface area contributed by atoms with E-state index >= 15 is 0 Å². The van der Waals surface area contributed by atoms with Gasteiger partial charge in [0, 0.05) is 31.4 Å². The number of aryl methyl sites for hydroxylation is 1. The second kappa shape index (κ2) is 5.72. The van der Waals surface area contributed by atoms with Gasteiger partial charge in [-0.05, 0) is 38.3 Å². The normalized spacial score (nSPS) is 16.7. The van der Waals surface area contributed by atoms with Crippen LogP contribution in [0.4, 0.5) is 5.69 Å². The molecule has 3 nitrogen and oxygen atoms in total. The van der Waals surface area contributed by atoms with Gasteiger partial charge in [-0.1, -0.05) is 17.7 Å². The Hall–Kier alpha value is -1.06. The zero-order valence-corrected chi connectivity index (χ0v) is 11.6. The van der Waals surface area contributed by atoms with Gasteiger partial charge in [-0.2, -0.15) is 0 Å². The predicted octanol–water partition coefficient (Wildman–Crippen LogP) is 2.06. The maximum absolute atomic E-state index is 9.28. The van der Waals surface area contributed by atoms with Crippen molar-refractivity contribution in [2.75, 3.05) is 18.6 Å². The number of aliphatic hydroxyl groups excluding tert-OH is 1. The van der Waals surface area contributed by atoms with Gasteiger partial charge in [0.05, 0.1) is 6.61 Å². The van der Waals surface area contributed by atoms with Crippen molar-refractivity contribution in [1.82, 2.24) is 5.32 Å². The molecule has 2 N–H and O–H groups in total. The summed E-state index contributed by atoms with van der Waals surface area (Å²) in [6, 6.07) is 7.40. The van der Waals surface area contributed by atoms with Gasteiger partial charge in [-0.3, -0.25) is 0 Å². The summed E-state index contributed by atoms with van der Waals surface area (Å²) < 4.78 is 0. The van der Waals surface area contributed by atoms with Crippen molar-refractivity contribution in [1.29, 1.82) is 0 Å². The summed E-state index contributed by atoms with van der Waals surface area (Å²) in [6.07, 6.45) is 2.62. The van der Waals surface area contributed by atoms with Crippen molar-refractivity contribution in [3.63, 3.8) is 0 Å². The first-order chi connectivity index (χ1) is 8.61. The summed E-state index contributed by atoms with van der Waals surface area (Å²) in [7, 11) is 2.05. The Morgan fingerprint density at radius 1 is 1.44 bits per heavy atom. The van der Waals surface area contributed by atoms with E-state index in [1.165, 1.54) is 29.7 Å². The molecule has 0 aliphatic heterocycles. The standard InChI is InChI=1S/C15H24N2O/c1-11-4-7-15(17(3)12(2)10-18)13(8-11)9-16-14-5-6-14/h4,7-8,12,14,16,18H,5-6,9-10H2,1-3H3. The Morgan fingerprint density at radius 3 is 2.78 bits per heavy atom. The summed E-state index contributed by atoms with van der Waals surface area (Å²) >= 11 is 0. The second-order valence-corrected chi connectivity index (χ2v) is 5.43. The van der Waals surface area contributed by atoms with Crippen LogP contribution in [-0.4, -0.2) is 30.8 Å². The minimum atomic E-state index is 0.146. The fourth-order valence-corrected chi connectivity index (χ4v) is 2.10. The molecular weight excluding hydrogens is 224 g/mol. The number of rotatable bonds is 6. The molecule has 1 atom stereocenters. The molecule has 0 heterocycles. The lowest BCUT2D eigenvalue weighted by Crippen LogP contribution is -2.33. The van der Waals surface area contributed by atoms with Gasteiger partial charge in [-0.25, -0.2) is 0 Å². The number of anilines is 1. The van der Waals surface area contributed by atoms with Crippen LogP contribution in [-0.2, 0) is 6.54 Å². The number of nitrogens with zero attached hydrogens (tertiary/aromatic N) is 1. The third-order valence-electron chi connectivity index (χ3n) is 3.70. The summed E-state index contributed by atoms with van der Waals surface area (Å²) in [4.78, 5) is 2.16. The van der Waals surface area contributed by atoms with E-state index < -0.39 is 0 Å². The van der Waals surface area contributed by atoms with E-state index in [1.54, 1.807) is 0 Å². The molecule has 0 bridgehead atoms. The number of hydrogen-bond acceptors (Lipinski definition) is 3. The van der Waals surface area contributed by atoms with Crippen molar-refractivity contribution in [2.24, 2.45) is 0 Å². The molecule has 18 heavy (non-hydrogen) atoms. The minimum Gasteiger partial charge on any atom is -0.394 e. The van der Waals surface area contributed by atoms with Crippen molar-refractivity contribution in [3.8, 4) is 0 Å². The summed E-state index contributed by atoms with van der Waals surface area (Å²) in [5.41, 5.74) is 3.83. The number of aliphatic hydroxyl groups is 1. The van der Waals surface area contributed by atoms with E-state index in [4.69, 9.17) is 0 Å². The van der Waals surface area contributed by atoms with E-state index in [2.05, 4.69) is 35.3 Å². The average molecular weight is 248 g/mol. The SMILES string of the molecule is Cc1ccc(N(C)C(C)CO)c(CNC2CC2)c1. The van der Waals surface area contributed by atoms with Crippen molar-refractivity contribution >= 4 is 5.69 Å². The Bertz CT molecular complexity index is 401. The molecule has 1 unspecified atom stereocenters. The first-order valence-corrected chi connectivity index (χ1v) is 6.78. The van der Waals surface area contributed by atoms with E-state index in [0.29, 0.717) is 0 Å². The lowest BCUT2D eigenvalue weighted by Gasteiger charge is -2.28. The monoisotopic (exact) mass is 248 g/mol. The molecule has 3 heteroatoms. The molecule has 1 aromatic carbocycles. The highest BCUT2D eigenvalue weighted by Crippen LogP contribution is 2.25. The van der Waals surface area contributed by atoms with Crippen LogP contribution in [0.5, 0.6) is 0 Å². The molecule has 0 saturated heterocycles. The maximum Gasteiger partial charge on any atom is 0.0632 e. The first-order valence-electron chi connectivity index (χ1n) is 6.78. The molecule has 1 aliphatic carbocycles. The van der Waals surface area contributed by atoms with Gasteiger partial charge in [0.15, 0.2) is 0 Å². The molecular formula is C15H24N2O. The molecule has 1 aliphatic rings. The highest BCUT2D eigenvalue weighted by atomic mass is 16.3. The zero-order valence-electron chi connectivity index (χ0n) is 11.6. The van der Waals surface area contributed by atoms with Gasteiger partial charge >= 0.3 is 0 Å². The molecule has 0 aromatic heterocycles. The molecule has 0 radical (unpaired) electrons. The Labute approximate surface area is 110 Å². The number of hydrogen-bond donors (Lipinski definition) is 2. The third-order valence-corrected chi connectivity index (χ3v) is 3.70. The van der Waals surface area contributed by atoms with Crippen molar-refractivity contribution in [2.45, 2.75) is 45.3 Å². The highest BCUT2D eigenvalue weighted by Gasteiger charge is 2.21. The Kier molecular flexibility index (Phi) is 4.25. The van der Waals surface area contributed by atoms with Crippen LogP contribution in [0.3, 0.4) is 0 Å². The van der Waals surface area contributed by atoms with Gasteiger partial charge in [-0.15, -0.1) is 0 Å². The topological polar surface area (TPSA) is 35.5 Å². The molecule has 1 saturated carbocycles. The fraction of sp³-hybridized carbons (Fsp3) is 0.600. The number of benzene rings is 1. The molecule has 1 aromatic rings. The lowest BCUT2D eigenvalue weighted by atomic mass is 10.1. The fourth-order valence-electron chi connectivity index (χ4n) is 2.10. The van der Waals surface area contributed by atoms with Crippen LogP contribution in [0, 0.1) is 6.92 Å². The number of likely N-dealkylation sites (N-methyl/N-ethyl adjacent to an activating group) is 1. The van der Waals surface area contributed by atoms with Crippen molar-refractivity contribution in [3.05, 3.63) is 29.3 Å². The van der Waals surface area contributed by atoms with Crippen LogP contribution in [0.25, 0.3) is 0 Å². The Balaban J connectivity index is 2.15. The molecule has 100 valence electrons. The van der Waals surface area contributed by atoms with Gasteiger partial charge in [0.25, 0.3) is 0 Å². The molecule has 2 rings (SSSR count). The smallest absolute Gasteiger partial charge is 0.0632 e. The van der Waals surface area contributed by atoms with Crippen LogP contribution in [0.2, 0.25) is 0 Å². The van der Waals surface area contributed by atoms with E-state index in [1.807, 2.05) is 14.0 Å². The minimum absolute atomic E-state index is 0.146. The molecule has 0 spiro atoms. The van der Waals surface area contributed by atoms with Gasteiger partial charge in [0.1, 0.15) is 0 Å². The third kappa shape index (κ3) is 3.24. The Morgan fingerprint density at radius 2 is 2.17 bits per heavy atom. The second-order valence-electron chi connectivity index (χ2n) is 5.43. The van der Waals surface area contributed by atoms with Gasteiger partial charge in [0.2, 0.25) is 0 Å². The van der Waals surface area contributed by atoms with Gasteiger partial charge < -0.3 is 15.3 Å². The quantitative estimate of drug-likeness (QED) is 0.809. The van der Waals surface area contributed by atoms with Crippen LogP contribution < -0.4 is 10.2 Å². The largest absolute Gasteiger partial charge is 0.394 e. The highest BCUT2D eigenvalue weighted by molar-refractivity contribution is 5.55. The van der Waals surface area contributed by atoms with E-state index in [9.17, 15) is 5.11 Å². The van der Waals surface area contributed by atoms with Crippen LogP contribution >= 0.6 is 0 Å². The predicted molar refractivity (Wildman–Crippen MR) is 76.0 cm³/mol. The zero-order chi connectivity index (χ0) is 13.1. The molecule has 1 fully saturated rings. The summed E-state index contributed by atoms with van der Waals surface area (Å²) in [5, 5.41) is 12.8. The maximum atomic E-state index is 9.28. The lowest BCUT2D eigenvalue weighted by molar-refractivity contribution is 0.270. The summed E-state index contributed by atoms with van der Waals surface area (Å²) in [6.45, 7) is 5.27.